The molecule has 0 atom stereocenters. The molecule has 0 aliphatic rings. The molecule has 4 aromatic carbocycles. The average molecular weight is 846 g/mol. The largest absolute Gasteiger partial charge is 0.300 e. The lowest BCUT2D eigenvalue weighted by Gasteiger charge is -2.29. The minimum Gasteiger partial charge on any atom is -0.300 e. The summed E-state index contributed by atoms with van der Waals surface area (Å²) >= 11 is 44.2. The van der Waals surface area contributed by atoms with Gasteiger partial charge in [-0.2, -0.15) is 0 Å². The van der Waals surface area contributed by atoms with Crippen LogP contribution in [0, 0.1) is 0 Å². The van der Waals surface area contributed by atoms with E-state index in [2.05, 4.69) is 92.7 Å². The molecule has 0 fully saturated rings. The van der Waals surface area contributed by atoms with Gasteiger partial charge in [0.15, 0.2) is 0 Å². The van der Waals surface area contributed by atoms with E-state index in [0.29, 0.717) is 30.1 Å². The highest BCUT2D eigenvalue weighted by Gasteiger charge is 2.28. The van der Waals surface area contributed by atoms with Crippen molar-refractivity contribution in [3.05, 3.63) is 126 Å². The van der Waals surface area contributed by atoms with Gasteiger partial charge in [-0.05, 0) is 82.9 Å². The van der Waals surface area contributed by atoms with Gasteiger partial charge in [-0.15, -0.1) is 22.7 Å². The molecule has 0 spiro atoms. The summed E-state index contributed by atoms with van der Waals surface area (Å²) < 4.78 is 0. The maximum absolute atomic E-state index is 7.05. The quantitative estimate of drug-likeness (QED) is 0.0947. The maximum Gasteiger partial charge on any atom is 0.101 e. The Bertz CT molecular complexity index is 2000. The van der Waals surface area contributed by atoms with Gasteiger partial charge in [-0.25, -0.2) is 0 Å². The van der Waals surface area contributed by atoms with Gasteiger partial charge >= 0.3 is 0 Å². The molecule has 6 radical (unpaired) electrons. The summed E-state index contributed by atoms with van der Waals surface area (Å²) in [4.78, 5) is 6.52. The Kier molecular flexibility index (Phi) is 12.4. The molecule has 6 rings (SSSR count). The van der Waals surface area contributed by atoms with Gasteiger partial charge < -0.3 is 9.80 Å². The summed E-state index contributed by atoms with van der Waals surface area (Å²) in [6.45, 7) is 4.26. The Labute approximate surface area is 338 Å². The molecule has 2 heterocycles. The highest BCUT2D eigenvalue weighted by atomic mass is 35.5. The van der Waals surface area contributed by atoms with Crippen LogP contribution < -0.4 is 20.2 Å². The second-order valence-corrected chi connectivity index (χ2v) is 16.8. The number of nitrogens with zero attached hydrogens (tertiary/aromatic N) is 2. The third-order valence-electron chi connectivity index (χ3n) is 8.14. The Morgan fingerprint density at radius 3 is 1.18 bits per heavy atom. The van der Waals surface area contributed by atoms with E-state index in [-0.39, 0.29) is 0 Å². The maximum atomic E-state index is 7.05. The van der Waals surface area contributed by atoms with Crippen molar-refractivity contribution < 1.29 is 0 Å². The van der Waals surface area contributed by atoms with Crippen LogP contribution in [0.3, 0.4) is 0 Å². The molecule has 0 N–H and O–H groups in total. The molecule has 2 nitrogen and oxygen atoms in total. The Morgan fingerprint density at radius 2 is 0.840 bits per heavy atom. The smallest absolute Gasteiger partial charge is 0.101 e. The van der Waals surface area contributed by atoms with Crippen molar-refractivity contribution in [1.29, 1.82) is 0 Å². The van der Waals surface area contributed by atoms with Crippen LogP contribution in [-0.4, -0.2) is 20.5 Å². The van der Waals surface area contributed by atoms with Crippen LogP contribution in [0.5, 0.6) is 0 Å². The van der Waals surface area contributed by atoms with Gasteiger partial charge in [0.2, 0.25) is 0 Å². The fourth-order valence-corrected chi connectivity index (χ4v) is 10.4. The van der Waals surface area contributed by atoms with Crippen molar-refractivity contribution in [3.8, 4) is 9.75 Å². The summed E-state index contributed by atoms with van der Waals surface area (Å²) in [6, 6.07) is 28.8. The second kappa shape index (κ2) is 16.4. The summed E-state index contributed by atoms with van der Waals surface area (Å²) in [5.41, 5.74) is 5.50. The van der Waals surface area contributed by atoms with Gasteiger partial charge in [0.1, 0.15) is 10.0 Å². The van der Waals surface area contributed by atoms with Crippen LogP contribution >= 0.6 is 92.3 Å². The first-order valence-corrected chi connectivity index (χ1v) is 20.7. The van der Waals surface area contributed by atoms with Crippen LogP contribution in [0.25, 0.3) is 9.75 Å². The summed E-state index contributed by atoms with van der Waals surface area (Å²) in [7, 11) is 7.59. The third kappa shape index (κ3) is 7.19. The third-order valence-corrected chi connectivity index (χ3v) is 14.5. The molecule has 6 aromatic rings. The van der Waals surface area contributed by atoms with E-state index in [1.165, 1.54) is 0 Å². The summed E-state index contributed by atoms with van der Waals surface area (Å²) in [5.74, 6) is 0. The first kappa shape index (κ1) is 37.8. The zero-order valence-corrected chi connectivity index (χ0v) is 35.1. The van der Waals surface area contributed by atoms with E-state index in [4.69, 9.17) is 69.6 Å². The lowest BCUT2D eigenvalue weighted by atomic mass is 10.1. The van der Waals surface area contributed by atoms with Crippen LogP contribution in [0.2, 0.25) is 30.1 Å². The minimum atomic E-state index is 0.310. The van der Waals surface area contributed by atoms with Crippen LogP contribution in [0.1, 0.15) is 37.8 Å². The van der Waals surface area contributed by atoms with E-state index in [1.807, 2.05) is 36.4 Å². The predicted octanol–water partition coefficient (Wildman–Crippen LogP) is 13.8. The molecule has 252 valence electrons. The number of halogens is 6. The molecule has 50 heavy (non-hydrogen) atoms. The summed E-state index contributed by atoms with van der Waals surface area (Å²) in [5, 5.41) is 5.70. The molecule has 0 aliphatic heterocycles. The minimum absolute atomic E-state index is 0.310. The number of benzene rings is 4. The van der Waals surface area contributed by atoms with E-state index >= 15 is 0 Å². The van der Waals surface area contributed by atoms with Crippen molar-refractivity contribution in [3.63, 3.8) is 0 Å². The first-order valence-electron chi connectivity index (χ1n) is 15.8. The van der Waals surface area contributed by atoms with Gasteiger partial charge in [-0.1, -0.05) is 133 Å². The molecular formula is C38H28Cl6N2S2Si2. The number of rotatable bonds is 11. The van der Waals surface area contributed by atoms with Crippen molar-refractivity contribution >= 4 is 156 Å². The number of hydrogen-bond donors (Lipinski definition) is 0. The van der Waals surface area contributed by atoms with Gasteiger partial charge in [0, 0.05) is 21.1 Å². The van der Waals surface area contributed by atoms with E-state index < -0.39 is 0 Å². The molecule has 0 bridgehead atoms. The molecule has 0 saturated heterocycles. The fourth-order valence-electron chi connectivity index (χ4n) is 5.89. The monoisotopic (exact) mass is 842 g/mol. The highest BCUT2D eigenvalue weighted by Crippen LogP contribution is 2.52. The van der Waals surface area contributed by atoms with Crippen LogP contribution in [0.4, 0.5) is 32.8 Å². The average Bonchev–Trinajstić information content (AvgIpc) is 3.82. The van der Waals surface area contributed by atoms with E-state index in [0.717, 1.165) is 89.7 Å². The van der Waals surface area contributed by atoms with Crippen LogP contribution in [0.15, 0.2) is 84.9 Å². The van der Waals surface area contributed by atoms with Crippen molar-refractivity contribution in [2.45, 2.75) is 39.5 Å². The van der Waals surface area contributed by atoms with Gasteiger partial charge in [0.25, 0.3) is 0 Å². The lowest BCUT2D eigenvalue weighted by molar-refractivity contribution is 0.925. The molecule has 0 aliphatic carbocycles. The molecule has 0 unspecified atom stereocenters. The fraction of sp³-hybridized carbons (Fsp3) is 0.158. The molecular weight excluding hydrogens is 817 g/mol. The topological polar surface area (TPSA) is 6.48 Å². The molecule has 2 aromatic heterocycles. The molecule has 0 saturated carbocycles. The van der Waals surface area contributed by atoms with Crippen molar-refractivity contribution in [2.24, 2.45) is 0 Å². The Morgan fingerprint density at radius 1 is 0.480 bits per heavy atom. The van der Waals surface area contributed by atoms with Gasteiger partial charge in [0.05, 0.1) is 62.0 Å². The second-order valence-electron chi connectivity index (χ2n) is 11.4. The predicted molar refractivity (Wildman–Crippen MR) is 226 cm³/mol. The normalized spacial score (nSPS) is 11.3. The first-order chi connectivity index (χ1) is 24.1. The van der Waals surface area contributed by atoms with Crippen LogP contribution in [-0.2, 0) is 12.8 Å². The van der Waals surface area contributed by atoms with Crippen molar-refractivity contribution in [2.75, 3.05) is 9.80 Å². The standard InChI is InChI=1S/C38H28Cl6N2S2Si2/c1-3-11-23-35(31(41)29(39)33(43)37(23)49)45(21-13-7-5-8-14-21)27-19-17-25(47-27)26-18-20-28(48-26)46(22-15-9-6-10-16-22)36-24(12-4-2)38(50)34(44)30(40)32(36)42/h5-10,13-20H,3-4,11-12H2,1-2H3. The summed E-state index contributed by atoms with van der Waals surface area (Å²) in [6.07, 6.45) is 3.30. The number of hydrogen-bond acceptors (Lipinski definition) is 4. The lowest BCUT2D eigenvalue weighted by Crippen LogP contribution is -2.20. The SMILES string of the molecule is CCCc1c([Si])c(Cl)c(Cl)c(Cl)c1N(c1ccccc1)c1ccc(-c2ccc(N(c3ccccc3)c3c(Cl)c(Cl)c(Cl)c([Si])c3CCC)s2)s1. The Hall–Kier alpha value is -1.95. The van der Waals surface area contributed by atoms with E-state index in [9.17, 15) is 0 Å². The zero-order chi connectivity index (χ0) is 35.7. The Balaban J connectivity index is 1.50. The number of thiophene rings is 2. The van der Waals surface area contributed by atoms with Gasteiger partial charge in [-0.3, -0.25) is 0 Å². The van der Waals surface area contributed by atoms with Crippen molar-refractivity contribution in [1.82, 2.24) is 0 Å². The molecule has 0 amide bonds. The number of anilines is 6. The highest BCUT2D eigenvalue weighted by molar-refractivity contribution is 7.26. The van der Waals surface area contributed by atoms with E-state index in [1.54, 1.807) is 22.7 Å². The zero-order valence-electron chi connectivity index (χ0n) is 26.9. The number of para-hydroxylation sites is 2. The molecule has 12 heteroatoms.